The molecule has 0 unspecified atom stereocenters. The number of hydrogen-bond acceptors (Lipinski definition) is 5. The molecular weight excluding hydrogens is 388 g/mol. The minimum Gasteiger partial charge on any atom is -0.494 e. The topological polar surface area (TPSA) is 77.0 Å². The molecule has 5 rings (SSSR count). The second kappa shape index (κ2) is 5.96. The van der Waals surface area contributed by atoms with Crippen LogP contribution in [-0.2, 0) is 0 Å². The maximum atomic E-state index is 14.3. The largest absolute Gasteiger partial charge is 0.494 e. The second-order valence-corrected chi connectivity index (χ2v) is 7.45. The normalized spacial score (nSPS) is 14.1. The van der Waals surface area contributed by atoms with Crippen LogP contribution in [-0.4, -0.2) is 21.0 Å². The lowest BCUT2D eigenvalue weighted by Crippen LogP contribution is -2.16. The number of benzene rings is 1. The van der Waals surface area contributed by atoms with Gasteiger partial charge in [-0.15, -0.1) is 0 Å². The van der Waals surface area contributed by atoms with E-state index in [-0.39, 0.29) is 22.7 Å². The molecule has 0 spiro atoms. The van der Waals surface area contributed by atoms with Crippen molar-refractivity contribution in [3.63, 3.8) is 0 Å². The Kier molecular flexibility index (Phi) is 3.63. The highest BCUT2D eigenvalue weighted by Crippen LogP contribution is 2.44. The van der Waals surface area contributed by atoms with Crippen LogP contribution in [0.25, 0.3) is 32.2 Å². The molecule has 9 heteroatoms. The van der Waals surface area contributed by atoms with Crippen LogP contribution in [0.5, 0.6) is 5.75 Å². The molecule has 4 aromatic rings. The molecule has 1 saturated carbocycles. The van der Waals surface area contributed by atoms with Crippen molar-refractivity contribution in [2.45, 2.75) is 18.9 Å². The predicted octanol–water partition coefficient (Wildman–Crippen LogP) is 3.59. The van der Waals surface area contributed by atoms with E-state index in [0.29, 0.717) is 21.3 Å². The summed E-state index contributed by atoms with van der Waals surface area (Å²) in [6, 6.07) is 5.56. The molecule has 1 fully saturated rings. The molecule has 1 aliphatic carbocycles. The van der Waals surface area contributed by atoms with Crippen molar-refractivity contribution < 1.29 is 13.5 Å². The average molecular weight is 401 g/mol. The Morgan fingerprint density at radius 1 is 1.18 bits per heavy atom. The van der Waals surface area contributed by atoms with Gasteiger partial charge in [0.1, 0.15) is 10.2 Å². The van der Waals surface area contributed by atoms with E-state index in [0.717, 1.165) is 30.4 Å². The van der Waals surface area contributed by atoms with Crippen LogP contribution >= 0.6 is 11.5 Å². The minimum atomic E-state index is -0.967. The molecule has 1 aromatic carbocycles. The maximum Gasteiger partial charge on any atom is 0.271 e. The van der Waals surface area contributed by atoms with Gasteiger partial charge in [0.2, 0.25) is 17.3 Å². The summed E-state index contributed by atoms with van der Waals surface area (Å²) >= 11 is 1.10. The number of halogens is 2. The van der Waals surface area contributed by atoms with Crippen LogP contribution in [0, 0.1) is 11.9 Å². The van der Waals surface area contributed by atoms with E-state index in [1.807, 2.05) is 4.57 Å². The molecule has 1 N–H and O–H groups in total. The lowest BCUT2D eigenvalue weighted by molar-refractivity contribution is 0.418. The molecule has 0 atom stereocenters. The first-order valence-corrected chi connectivity index (χ1v) is 9.41. The van der Waals surface area contributed by atoms with Crippen molar-refractivity contribution in [3.8, 4) is 16.9 Å². The number of nitrogens with one attached hydrogen (secondary N) is 1. The molecule has 0 radical (unpaired) electrons. The summed E-state index contributed by atoms with van der Waals surface area (Å²) < 4.78 is 37.7. The molecule has 0 amide bonds. The zero-order valence-corrected chi connectivity index (χ0v) is 15.4. The standard InChI is InChI=1S/C19H13F2N3O3S/c1-27-16-9(10-6-7-12(20)22-17(10)21)4-5-11-14(16)24(8-2-3-8)19-13(15(11)25)18(26)23-28-19/h4-8H,2-3H2,1H3,(H,23,26). The van der Waals surface area contributed by atoms with Crippen molar-refractivity contribution in [2.24, 2.45) is 0 Å². The van der Waals surface area contributed by atoms with Gasteiger partial charge in [0.25, 0.3) is 5.56 Å². The zero-order valence-electron chi connectivity index (χ0n) is 14.6. The monoisotopic (exact) mass is 401 g/mol. The summed E-state index contributed by atoms with van der Waals surface area (Å²) in [7, 11) is 1.43. The summed E-state index contributed by atoms with van der Waals surface area (Å²) in [6.07, 6.45) is 1.80. The fraction of sp³-hybridized carbons (Fsp3) is 0.211. The van der Waals surface area contributed by atoms with Gasteiger partial charge in [0.15, 0.2) is 5.75 Å². The Balaban J connectivity index is 1.97. The van der Waals surface area contributed by atoms with Crippen LogP contribution in [0.15, 0.2) is 33.9 Å². The van der Waals surface area contributed by atoms with Gasteiger partial charge in [-0.25, -0.2) is 0 Å². The first-order chi connectivity index (χ1) is 13.5. The van der Waals surface area contributed by atoms with Crippen LogP contribution in [0.3, 0.4) is 0 Å². The molecule has 6 nitrogen and oxygen atoms in total. The SMILES string of the molecule is COc1c(-c2ccc(F)nc2F)ccc2c(=O)c3c(=O)[nH]sc3n(C3CC3)c12. The van der Waals surface area contributed by atoms with Gasteiger partial charge in [-0.05, 0) is 48.6 Å². The highest BCUT2D eigenvalue weighted by atomic mass is 32.1. The molecule has 3 aromatic heterocycles. The van der Waals surface area contributed by atoms with E-state index in [2.05, 4.69) is 9.36 Å². The summed E-state index contributed by atoms with van der Waals surface area (Å²) in [4.78, 5) is 28.9. The number of H-pyrrole nitrogens is 1. The van der Waals surface area contributed by atoms with Gasteiger partial charge in [0.05, 0.1) is 18.0 Å². The van der Waals surface area contributed by atoms with Crippen LogP contribution in [0.2, 0.25) is 0 Å². The lowest BCUT2D eigenvalue weighted by atomic mass is 10.0. The van der Waals surface area contributed by atoms with Gasteiger partial charge in [-0.2, -0.15) is 13.8 Å². The molecule has 28 heavy (non-hydrogen) atoms. The summed E-state index contributed by atoms with van der Waals surface area (Å²) in [5, 5.41) is 0.438. The Bertz CT molecular complexity index is 1390. The fourth-order valence-corrected chi connectivity index (χ4v) is 4.52. The second-order valence-electron chi connectivity index (χ2n) is 6.66. The Morgan fingerprint density at radius 2 is 1.93 bits per heavy atom. The first kappa shape index (κ1) is 17.1. The Hall–Kier alpha value is -3.07. The highest BCUT2D eigenvalue weighted by Gasteiger charge is 2.31. The van der Waals surface area contributed by atoms with Gasteiger partial charge in [-0.3, -0.25) is 14.0 Å². The van der Waals surface area contributed by atoms with Crippen molar-refractivity contribution in [1.82, 2.24) is 13.9 Å². The van der Waals surface area contributed by atoms with Crippen LogP contribution < -0.4 is 15.7 Å². The third-order valence-electron chi connectivity index (χ3n) is 4.97. The third-order valence-corrected chi connectivity index (χ3v) is 5.85. The number of methoxy groups -OCH3 is 1. The van der Waals surface area contributed by atoms with E-state index in [4.69, 9.17) is 4.74 Å². The smallest absolute Gasteiger partial charge is 0.271 e. The Labute approximate surface area is 160 Å². The van der Waals surface area contributed by atoms with Crippen LogP contribution in [0.1, 0.15) is 18.9 Å². The highest BCUT2D eigenvalue weighted by molar-refractivity contribution is 7.12. The van der Waals surface area contributed by atoms with Crippen molar-refractivity contribution in [1.29, 1.82) is 0 Å². The minimum absolute atomic E-state index is 0.0669. The van der Waals surface area contributed by atoms with Gasteiger partial charge < -0.3 is 9.30 Å². The van der Waals surface area contributed by atoms with Crippen molar-refractivity contribution >= 4 is 32.7 Å². The van der Waals surface area contributed by atoms with E-state index < -0.39 is 22.9 Å². The van der Waals surface area contributed by atoms with Gasteiger partial charge in [-0.1, -0.05) is 0 Å². The Morgan fingerprint density at radius 3 is 2.61 bits per heavy atom. The van der Waals surface area contributed by atoms with Gasteiger partial charge in [0, 0.05) is 17.2 Å². The first-order valence-electron chi connectivity index (χ1n) is 8.60. The number of nitrogens with zero attached hydrogens (tertiary/aromatic N) is 2. The number of rotatable bonds is 3. The number of aromatic amines is 1. The predicted molar refractivity (Wildman–Crippen MR) is 102 cm³/mol. The number of ether oxygens (including phenoxy) is 1. The molecular formula is C19H13F2N3O3S. The van der Waals surface area contributed by atoms with E-state index in [1.54, 1.807) is 6.07 Å². The van der Waals surface area contributed by atoms with E-state index in [1.165, 1.54) is 19.2 Å². The van der Waals surface area contributed by atoms with Crippen molar-refractivity contribution in [3.05, 3.63) is 56.7 Å². The molecule has 0 bridgehead atoms. The molecule has 3 heterocycles. The van der Waals surface area contributed by atoms with Gasteiger partial charge >= 0.3 is 0 Å². The molecule has 0 aliphatic heterocycles. The summed E-state index contributed by atoms with van der Waals surface area (Å²) in [5.41, 5.74) is 0.109. The summed E-state index contributed by atoms with van der Waals surface area (Å²) in [6.45, 7) is 0. The van der Waals surface area contributed by atoms with Crippen molar-refractivity contribution in [2.75, 3.05) is 7.11 Å². The number of pyridine rings is 2. The lowest BCUT2D eigenvalue weighted by Gasteiger charge is -2.17. The quantitative estimate of drug-likeness (QED) is 0.533. The third kappa shape index (κ3) is 2.32. The number of aromatic nitrogens is 3. The van der Waals surface area contributed by atoms with Crippen LogP contribution in [0.4, 0.5) is 8.78 Å². The maximum absolute atomic E-state index is 14.3. The number of fused-ring (bicyclic) bond motifs is 2. The molecule has 0 saturated heterocycles. The summed E-state index contributed by atoms with van der Waals surface area (Å²) in [5.74, 6) is -1.60. The van der Waals surface area contributed by atoms with E-state index >= 15 is 0 Å². The number of hydrogen-bond donors (Lipinski definition) is 1. The average Bonchev–Trinajstić information content (AvgIpc) is 3.43. The molecule has 1 aliphatic rings. The van der Waals surface area contributed by atoms with E-state index in [9.17, 15) is 18.4 Å². The molecule has 142 valence electrons. The fourth-order valence-electron chi connectivity index (χ4n) is 3.61. The zero-order chi connectivity index (χ0) is 19.6.